The fourth-order valence-electron chi connectivity index (χ4n) is 1.71. The average Bonchev–Trinajstić information content (AvgIpc) is 2.16. The molecule has 0 unspecified atom stereocenters. The van der Waals surface area contributed by atoms with Gasteiger partial charge in [-0.3, -0.25) is 4.79 Å². The first kappa shape index (κ1) is 10.2. The molecule has 1 fully saturated rings. The summed E-state index contributed by atoms with van der Waals surface area (Å²) in [5.41, 5.74) is 0.737. The van der Waals surface area contributed by atoms with Crippen LogP contribution < -0.4 is 5.32 Å². The van der Waals surface area contributed by atoms with Gasteiger partial charge in [0.05, 0.1) is 0 Å². The zero-order chi connectivity index (χ0) is 10.7. The SMILES string of the molecule is O=C(Nc1ccccc1)[C@H](O)C1CCC1. The van der Waals surface area contributed by atoms with E-state index in [-0.39, 0.29) is 11.8 Å². The van der Waals surface area contributed by atoms with Crippen LogP contribution >= 0.6 is 0 Å². The van der Waals surface area contributed by atoms with Crippen molar-refractivity contribution in [2.45, 2.75) is 25.4 Å². The summed E-state index contributed by atoms with van der Waals surface area (Å²) in [6.07, 6.45) is 2.20. The number of aliphatic hydroxyl groups is 1. The third-order valence-electron chi connectivity index (χ3n) is 2.91. The highest BCUT2D eigenvalue weighted by atomic mass is 16.3. The monoisotopic (exact) mass is 205 g/mol. The molecule has 1 aliphatic rings. The third kappa shape index (κ3) is 2.36. The number of rotatable bonds is 3. The molecular weight excluding hydrogens is 190 g/mol. The Morgan fingerprint density at radius 2 is 2.00 bits per heavy atom. The van der Waals surface area contributed by atoms with E-state index in [1.165, 1.54) is 0 Å². The van der Waals surface area contributed by atoms with Gasteiger partial charge >= 0.3 is 0 Å². The molecule has 1 saturated carbocycles. The second kappa shape index (κ2) is 4.45. The molecule has 0 bridgehead atoms. The van der Waals surface area contributed by atoms with E-state index in [0.29, 0.717) is 0 Å². The number of benzene rings is 1. The fraction of sp³-hybridized carbons (Fsp3) is 0.417. The first-order valence-corrected chi connectivity index (χ1v) is 5.31. The van der Waals surface area contributed by atoms with Crippen molar-refractivity contribution in [3.05, 3.63) is 30.3 Å². The second-order valence-corrected chi connectivity index (χ2v) is 3.99. The predicted molar refractivity (Wildman–Crippen MR) is 58.4 cm³/mol. The quantitative estimate of drug-likeness (QED) is 0.790. The summed E-state index contributed by atoms with van der Waals surface area (Å²) >= 11 is 0. The highest BCUT2D eigenvalue weighted by Crippen LogP contribution is 2.29. The van der Waals surface area contributed by atoms with E-state index in [4.69, 9.17) is 0 Å². The van der Waals surface area contributed by atoms with Crippen molar-refractivity contribution >= 4 is 11.6 Å². The molecule has 1 amide bonds. The zero-order valence-electron chi connectivity index (χ0n) is 8.52. The minimum Gasteiger partial charge on any atom is -0.383 e. The maximum absolute atomic E-state index is 11.6. The molecule has 15 heavy (non-hydrogen) atoms. The normalized spacial score (nSPS) is 17.9. The van der Waals surface area contributed by atoms with Gasteiger partial charge < -0.3 is 10.4 Å². The molecule has 3 heteroatoms. The lowest BCUT2D eigenvalue weighted by Crippen LogP contribution is -2.37. The first-order chi connectivity index (χ1) is 7.27. The van der Waals surface area contributed by atoms with Crippen LogP contribution in [0.15, 0.2) is 30.3 Å². The fourth-order valence-corrected chi connectivity index (χ4v) is 1.71. The van der Waals surface area contributed by atoms with Crippen molar-refractivity contribution in [2.75, 3.05) is 5.32 Å². The second-order valence-electron chi connectivity index (χ2n) is 3.99. The van der Waals surface area contributed by atoms with Crippen LogP contribution in [-0.4, -0.2) is 17.1 Å². The van der Waals surface area contributed by atoms with Crippen LogP contribution in [0, 0.1) is 5.92 Å². The van der Waals surface area contributed by atoms with Gasteiger partial charge in [0.1, 0.15) is 6.10 Å². The zero-order valence-corrected chi connectivity index (χ0v) is 8.52. The van der Waals surface area contributed by atoms with Gasteiger partial charge in [0.15, 0.2) is 0 Å². The Kier molecular flexibility index (Phi) is 3.02. The molecule has 1 aromatic carbocycles. The van der Waals surface area contributed by atoms with E-state index in [1.807, 2.05) is 30.3 Å². The standard InChI is InChI=1S/C12H15NO2/c14-11(9-5-4-6-9)12(15)13-10-7-2-1-3-8-10/h1-3,7-9,11,14H,4-6H2,(H,13,15)/t11-/m1/s1. The summed E-state index contributed by atoms with van der Waals surface area (Å²) in [6, 6.07) is 9.21. The van der Waals surface area contributed by atoms with Crippen molar-refractivity contribution in [2.24, 2.45) is 5.92 Å². The van der Waals surface area contributed by atoms with E-state index < -0.39 is 6.10 Å². The van der Waals surface area contributed by atoms with E-state index in [0.717, 1.165) is 24.9 Å². The largest absolute Gasteiger partial charge is 0.383 e. The third-order valence-corrected chi connectivity index (χ3v) is 2.91. The van der Waals surface area contributed by atoms with Gasteiger partial charge in [-0.1, -0.05) is 24.6 Å². The topological polar surface area (TPSA) is 49.3 Å². The predicted octanol–water partition coefficient (Wildman–Crippen LogP) is 1.79. The maximum Gasteiger partial charge on any atom is 0.253 e. The molecule has 0 saturated heterocycles. The first-order valence-electron chi connectivity index (χ1n) is 5.31. The summed E-state index contributed by atoms with van der Waals surface area (Å²) in [4.78, 5) is 11.6. The van der Waals surface area contributed by atoms with Crippen LogP contribution in [0.5, 0.6) is 0 Å². The molecule has 2 rings (SSSR count). The van der Waals surface area contributed by atoms with Gasteiger partial charge in [-0.15, -0.1) is 0 Å². The van der Waals surface area contributed by atoms with Crippen molar-refractivity contribution in [1.29, 1.82) is 0 Å². The highest BCUT2D eigenvalue weighted by molar-refractivity contribution is 5.94. The summed E-state index contributed by atoms with van der Waals surface area (Å²) in [7, 11) is 0. The molecule has 1 aromatic rings. The lowest BCUT2D eigenvalue weighted by atomic mass is 9.81. The lowest BCUT2D eigenvalue weighted by molar-refractivity contribution is -0.128. The molecular formula is C12H15NO2. The van der Waals surface area contributed by atoms with Crippen LogP contribution in [0.3, 0.4) is 0 Å². The van der Waals surface area contributed by atoms with Crippen molar-refractivity contribution in [3.8, 4) is 0 Å². The van der Waals surface area contributed by atoms with Gasteiger partial charge in [0.2, 0.25) is 0 Å². The number of hydrogen-bond donors (Lipinski definition) is 2. The van der Waals surface area contributed by atoms with E-state index >= 15 is 0 Å². The number of carbonyl (C=O) groups is 1. The number of anilines is 1. The van der Waals surface area contributed by atoms with E-state index in [9.17, 15) is 9.90 Å². The van der Waals surface area contributed by atoms with Gasteiger partial charge in [0.25, 0.3) is 5.91 Å². The molecule has 1 aliphatic carbocycles. The molecule has 0 spiro atoms. The number of carbonyl (C=O) groups excluding carboxylic acids is 1. The molecule has 3 nitrogen and oxygen atoms in total. The van der Waals surface area contributed by atoms with Crippen LogP contribution in [0.2, 0.25) is 0 Å². The van der Waals surface area contributed by atoms with Crippen LogP contribution in [0.25, 0.3) is 0 Å². The Hall–Kier alpha value is -1.35. The Bertz CT molecular complexity index is 333. The highest BCUT2D eigenvalue weighted by Gasteiger charge is 2.30. The molecule has 0 heterocycles. The molecule has 1 atom stereocenters. The van der Waals surface area contributed by atoms with Gasteiger partial charge in [-0.25, -0.2) is 0 Å². The van der Waals surface area contributed by atoms with Gasteiger partial charge in [0, 0.05) is 5.69 Å². The minimum absolute atomic E-state index is 0.161. The number of amides is 1. The van der Waals surface area contributed by atoms with E-state index in [1.54, 1.807) is 0 Å². The number of para-hydroxylation sites is 1. The van der Waals surface area contributed by atoms with Crippen LogP contribution in [0.1, 0.15) is 19.3 Å². The van der Waals surface area contributed by atoms with Crippen LogP contribution in [0.4, 0.5) is 5.69 Å². The minimum atomic E-state index is -0.848. The van der Waals surface area contributed by atoms with Crippen LogP contribution in [-0.2, 0) is 4.79 Å². The summed E-state index contributed by atoms with van der Waals surface area (Å²) < 4.78 is 0. The summed E-state index contributed by atoms with van der Waals surface area (Å²) in [5, 5.41) is 12.4. The molecule has 0 aliphatic heterocycles. The molecule has 2 N–H and O–H groups in total. The summed E-state index contributed by atoms with van der Waals surface area (Å²) in [6.45, 7) is 0. The Balaban J connectivity index is 1.91. The summed E-state index contributed by atoms with van der Waals surface area (Å²) in [5.74, 6) is -0.125. The molecule has 80 valence electrons. The van der Waals surface area contributed by atoms with Crippen molar-refractivity contribution in [1.82, 2.24) is 0 Å². The Labute approximate surface area is 89.1 Å². The lowest BCUT2D eigenvalue weighted by Gasteiger charge is -2.29. The number of nitrogens with one attached hydrogen (secondary N) is 1. The number of hydrogen-bond acceptors (Lipinski definition) is 2. The Morgan fingerprint density at radius 3 is 2.53 bits per heavy atom. The molecule has 0 radical (unpaired) electrons. The van der Waals surface area contributed by atoms with E-state index in [2.05, 4.69) is 5.32 Å². The smallest absolute Gasteiger partial charge is 0.253 e. The average molecular weight is 205 g/mol. The van der Waals surface area contributed by atoms with Crippen molar-refractivity contribution < 1.29 is 9.90 Å². The van der Waals surface area contributed by atoms with Gasteiger partial charge in [-0.05, 0) is 30.9 Å². The van der Waals surface area contributed by atoms with Crippen molar-refractivity contribution in [3.63, 3.8) is 0 Å². The van der Waals surface area contributed by atoms with Gasteiger partial charge in [-0.2, -0.15) is 0 Å². The molecule has 0 aromatic heterocycles. The maximum atomic E-state index is 11.6. The Morgan fingerprint density at radius 1 is 1.33 bits per heavy atom. The number of aliphatic hydroxyl groups excluding tert-OH is 1.